The lowest BCUT2D eigenvalue weighted by Gasteiger charge is -2.56. The Kier molecular flexibility index (Phi) is 5.38. The lowest BCUT2D eigenvalue weighted by Crippen LogP contribution is -2.72. The zero-order chi connectivity index (χ0) is 23.2. The zero-order valence-electron chi connectivity index (χ0n) is 18.0. The Bertz CT molecular complexity index is 1220. The van der Waals surface area contributed by atoms with Gasteiger partial charge in [0, 0.05) is 22.0 Å². The van der Waals surface area contributed by atoms with E-state index in [1.807, 2.05) is 60.4 Å². The van der Waals surface area contributed by atoms with Gasteiger partial charge in [-0.1, -0.05) is 41.9 Å². The maximum atomic E-state index is 13.8. The molecule has 3 aromatic carbocycles. The summed E-state index contributed by atoms with van der Waals surface area (Å²) < 4.78 is 12.2. The van der Waals surface area contributed by atoms with Crippen molar-refractivity contribution in [3.8, 4) is 11.5 Å². The highest BCUT2D eigenvalue weighted by atomic mass is 35.5. The second kappa shape index (κ2) is 8.24. The van der Waals surface area contributed by atoms with Gasteiger partial charge in [0.15, 0.2) is 22.3 Å². The molecular weight excluding hydrogens is 458 g/mol. The summed E-state index contributed by atoms with van der Waals surface area (Å²) in [5.74, 6) is 0.357. The van der Waals surface area contributed by atoms with Crippen molar-refractivity contribution in [3.05, 3.63) is 83.4 Å². The lowest BCUT2D eigenvalue weighted by molar-refractivity contribution is -0.130. The third-order valence-electron chi connectivity index (χ3n) is 6.12. The van der Waals surface area contributed by atoms with Crippen molar-refractivity contribution >= 4 is 46.2 Å². The minimum absolute atomic E-state index is 0.200. The van der Waals surface area contributed by atoms with Gasteiger partial charge in [-0.05, 0) is 61.6 Å². The molecule has 3 atom stereocenters. The molecule has 1 saturated heterocycles. The van der Waals surface area contributed by atoms with Crippen molar-refractivity contribution in [2.45, 2.75) is 18.7 Å². The van der Waals surface area contributed by atoms with Crippen LogP contribution in [0.5, 0.6) is 11.5 Å². The summed E-state index contributed by atoms with van der Waals surface area (Å²) >= 11 is 11.8. The van der Waals surface area contributed by atoms with E-state index in [-0.39, 0.29) is 5.91 Å². The summed E-state index contributed by atoms with van der Waals surface area (Å²) in [6.07, 6.45) is 0. The van der Waals surface area contributed by atoms with Crippen LogP contribution in [0.25, 0.3) is 0 Å². The highest BCUT2D eigenvalue weighted by molar-refractivity contribution is 7.80. The fourth-order valence-corrected chi connectivity index (χ4v) is 5.19. The van der Waals surface area contributed by atoms with E-state index in [1.54, 1.807) is 31.4 Å². The van der Waals surface area contributed by atoms with Gasteiger partial charge in [0.1, 0.15) is 5.92 Å². The van der Waals surface area contributed by atoms with Crippen LogP contribution < -0.4 is 25.0 Å². The normalized spacial score (nSPS) is 23.1. The third kappa shape index (κ3) is 3.57. The first-order chi connectivity index (χ1) is 15.9. The first-order valence-electron chi connectivity index (χ1n) is 10.5. The van der Waals surface area contributed by atoms with Gasteiger partial charge in [0.25, 0.3) is 0 Å². The van der Waals surface area contributed by atoms with E-state index >= 15 is 0 Å². The second-order valence-electron chi connectivity index (χ2n) is 8.11. The predicted octanol–water partition coefficient (Wildman–Crippen LogP) is 5.15. The molecule has 1 fully saturated rings. The Hall–Kier alpha value is -3.29. The SMILES string of the molecule is COc1cccc2c1O[C@]1(C)[C@H](C(=O)Nc3ccc(Cl)cc3)[C@@H]2NC(=S)N1c1ccccc1. The number of para-hydroxylation sites is 2. The maximum Gasteiger partial charge on any atom is 0.236 e. The minimum atomic E-state index is -1.12. The molecular formula is C25H22ClN3O3S. The van der Waals surface area contributed by atoms with E-state index in [4.69, 9.17) is 33.3 Å². The number of nitrogens with zero attached hydrogens (tertiary/aromatic N) is 1. The molecule has 0 saturated carbocycles. The fraction of sp³-hybridized carbons (Fsp3) is 0.200. The Labute approximate surface area is 202 Å². The van der Waals surface area contributed by atoms with Crippen molar-refractivity contribution in [1.82, 2.24) is 5.32 Å². The molecule has 2 bridgehead atoms. The summed E-state index contributed by atoms with van der Waals surface area (Å²) in [6, 6.07) is 21.9. The van der Waals surface area contributed by atoms with E-state index in [1.165, 1.54) is 0 Å². The van der Waals surface area contributed by atoms with Gasteiger partial charge in [0.05, 0.1) is 13.2 Å². The standard InChI is InChI=1S/C25H22ClN3O3S/c1-25-20(23(30)27-16-13-11-15(26)12-14-16)21(18-9-6-10-19(31-2)22(18)32-25)28-24(33)29(25)17-7-4-3-5-8-17/h3-14,20-21H,1-2H3,(H,27,30)(H,28,33)/t20-,21+,25+/m0/s1. The predicted molar refractivity (Wildman–Crippen MR) is 133 cm³/mol. The highest BCUT2D eigenvalue weighted by Gasteiger charge is 2.59. The van der Waals surface area contributed by atoms with Crippen molar-refractivity contribution in [2.75, 3.05) is 17.3 Å². The number of anilines is 2. The van der Waals surface area contributed by atoms with Crippen molar-refractivity contribution < 1.29 is 14.3 Å². The molecule has 3 aromatic rings. The fourth-order valence-electron chi connectivity index (χ4n) is 4.65. The van der Waals surface area contributed by atoms with E-state index in [9.17, 15) is 4.79 Å². The smallest absolute Gasteiger partial charge is 0.236 e. The van der Waals surface area contributed by atoms with Gasteiger partial charge in [0.2, 0.25) is 5.91 Å². The number of nitrogens with one attached hydrogen (secondary N) is 2. The Morgan fingerprint density at radius 3 is 2.55 bits per heavy atom. The number of ether oxygens (including phenoxy) is 2. The van der Waals surface area contributed by atoms with E-state index in [0.29, 0.717) is 27.3 Å². The summed E-state index contributed by atoms with van der Waals surface area (Å²) in [7, 11) is 1.60. The molecule has 0 aliphatic carbocycles. The van der Waals surface area contributed by atoms with Crippen LogP contribution in [0, 0.1) is 5.92 Å². The number of carbonyl (C=O) groups excluding carboxylic acids is 1. The number of rotatable bonds is 4. The molecule has 168 valence electrons. The van der Waals surface area contributed by atoms with E-state index < -0.39 is 17.7 Å². The van der Waals surface area contributed by atoms with Crippen LogP contribution in [0.4, 0.5) is 11.4 Å². The molecule has 0 unspecified atom stereocenters. The van der Waals surface area contributed by atoms with Crippen molar-refractivity contribution in [1.29, 1.82) is 0 Å². The average molecular weight is 480 g/mol. The van der Waals surface area contributed by atoms with Crippen LogP contribution >= 0.6 is 23.8 Å². The lowest BCUT2D eigenvalue weighted by atomic mass is 9.78. The summed E-state index contributed by atoms with van der Waals surface area (Å²) in [4.78, 5) is 15.6. The van der Waals surface area contributed by atoms with Crippen LogP contribution in [-0.4, -0.2) is 23.9 Å². The number of methoxy groups -OCH3 is 1. The molecule has 2 aliphatic heterocycles. The molecule has 0 aromatic heterocycles. The average Bonchev–Trinajstić information content (AvgIpc) is 2.80. The van der Waals surface area contributed by atoms with Crippen LogP contribution in [-0.2, 0) is 4.79 Å². The van der Waals surface area contributed by atoms with Crippen molar-refractivity contribution in [2.24, 2.45) is 5.92 Å². The molecule has 0 spiro atoms. The molecule has 2 heterocycles. The number of hydrogen-bond acceptors (Lipinski definition) is 4. The van der Waals surface area contributed by atoms with Gasteiger partial charge in [-0.3, -0.25) is 9.69 Å². The molecule has 2 N–H and O–H groups in total. The number of benzene rings is 3. The maximum absolute atomic E-state index is 13.8. The zero-order valence-corrected chi connectivity index (χ0v) is 19.6. The molecule has 8 heteroatoms. The largest absolute Gasteiger partial charge is 0.493 e. The number of fused-ring (bicyclic) bond motifs is 4. The Balaban J connectivity index is 1.64. The van der Waals surface area contributed by atoms with Crippen LogP contribution in [0.1, 0.15) is 18.5 Å². The monoisotopic (exact) mass is 479 g/mol. The molecule has 1 amide bonds. The van der Waals surface area contributed by atoms with Gasteiger partial charge < -0.3 is 20.1 Å². The number of amides is 1. The summed E-state index contributed by atoms with van der Waals surface area (Å²) in [6.45, 7) is 1.89. The van der Waals surface area contributed by atoms with Crippen LogP contribution in [0.15, 0.2) is 72.8 Å². The quantitative estimate of drug-likeness (QED) is 0.505. The second-order valence-corrected chi connectivity index (χ2v) is 8.93. The molecule has 0 radical (unpaired) electrons. The molecule has 2 aliphatic rings. The topological polar surface area (TPSA) is 62.8 Å². The van der Waals surface area contributed by atoms with Crippen LogP contribution in [0.2, 0.25) is 5.02 Å². The third-order valence-corrected chi connectivity index (χ3v) is 6.67. The number of halogens is 1. The number of carbonyl (C=O) groups is 1. The van der Waals surface area contributed by atoms with Crippen molar-refractivity contribution in [3.63, 3.8) is 0 Å². The minimum Gasteiger partial charge on any atom is -0.493 e. The van der Waals surface area contributed by atoms with Gasteiger partial charge in [-0.2, -0.15) is 0 Å². The first kappa shape index (κ1) is 21.6. The Morgan fingerprint density at radius 1 is 1.12 bits per heavy atom. The number of thiocarbonyl (C=S) groups is 1. The van der Waals surface area contributed by atoms with Gasteiger partial charge >= 0.3 is 0 Å². The van der Waals surface area contributed by atoms with E-state index in [0.717, 1.165) is 11.3 Å². The summed E-state index contributed by atoms with van der Waals surface area (Å²) in [5.41, 5.74) is 1.17. The molecule has 5 rings (SSSR count). The number of hydrogen-bond donors (Lipinski definition) is 2. The summed E-state index contributed by atoms with van der Waals surface area (Å²) in [5, 5.41) is 7.50. The molecule has 6 nitrogen and oxygen atoms in total. The van der Waals surface area contributed by atoms with Crippen LogP contribution in [0.3, 0.4) is 0 Å². The van der Waals surface area contributed by atoms with Gasteiger partial charge in [-0.15, -0.1) is 0 Å². The first-order valence-corrected chi connectivity index (χ1v) is 11.3. The Morgan fingerprint density at radius 2 is 1.85 bits per heavy atom. The highest BCUT2D eigenvalue weighted by Crippen LogP contribution is 2.52. The molecule has 33 heavy (non-hydrogen) atoms. The van der Waals surface area contributed by atoms with Gasteiger partial charge in [-0.25, -0.2) is 0 Å². The van der Waals surface area contributed by atoms with E-state index in [2.05, 4.69) is 10.6 Å².